The number of esters is 1. The third kappa shape index (κ3) is 4.44. The van der Waals surface area contributed by atoms with Crippen LogP contribution in [0.2, 0.25) is 0 Å². The number of rotatable bonds is 7. The summed E-state index contributed by atoms with van der Waals surface area (Å²) in [5, 5.41) is 7.95. The zero-order valence-corrected chi connectivity index (χ0v) is 18.8. The van der Waals surface area contributed by atoms with Crippen LogP contribution in [-0.4, -0.2) is 44.4 Å². The van der Waals surface area contributed by atoms with Crippen LogP contribution >= 0.6 is 11.8 Å². The van der Waals surface area contributed by atoms with Crippen LogP contribution in [0.1, 0.15) is 69.5 Å². The van der Waals surface area contributed by atoms with Crippen LogP contribution in [0.15, 0.2) is 35.5 Å². The Morgan fingerprint density at radius 3 is 2.58 bits per heavy atom. The normalized spacial score (nSPS) is 14.2. The molecule has 1 N–H and O–H groups in total. The number of Topliss-reactive ketones (excluding diaryl/α,β-unsaturated/α-hetero) is 1. The molecule has 1 aliphatic carbocycles. The number of methoxy groups -OCH3 is 1. The minimum absolute atomic E-state index is 0.0442. The molecule has 0 spiro atoms. The van der Waals surface area contributed by atoms with Gasteiger partial charge in [0, 0.05) is 28.6 Å². The molecule has 3 aromatic rings. The summed E-state index contributed by atoms with van der Waals surface area (Å²) in [5.41, 5.74) is 3.90. The summed E-state index contributed by atoms with van der Waals surface area (Å²) in [6, 6.07) is 9.07. The van der Waals surface area contributed by atoms with E-state index in [9.17, 15) is 9.59 Å². The number of carbonyl (C=O) groups excluding carboxylic acids is 2. The number of ether oxygens (including phenoxy) is 1. The third-order valence-corrected chi connectivity index (χ3v) is 6.68. The Balaban J connectivity index is 1.46. The fraction of sp³-hybridized carbons (Fsp3) is 0.391. The number of ketones is 1. The van der Waals surface area contributed by atoms with Gasteiger partial charge in [-0.1, -0.05) is 24.6 Å². The number of nitrogens with one attached hydrogen (secondary N) is 1. The van der Waals surface area contributed by atoms with Gasteiger partial charge in [-0.15, -0.1) is 5.10 Å². The summed E-state index contributed by atoms with van der Waals surface area (Å²) in [4.78, 5) is 29.2. The van der Waals surface area contributed by atoms with E-state index in [1.54, 1.807) is 12.1 Å². The SMILES string of the molecule is COC(=O)c1ccc(-n2c(C)cc(C(=O)CSc3n[nH]c(C4CCCC4)n3)c2C)cc1. The lowest BCUT2D eigenvalue weighted by Gasteiger charge is -2.10. The van der Waals surface area contributed by atoms with Crippen molar-refractivity contribution in [3.05, 3.63) is 58.7 Å². The Morgan fingerprint density at radius 2 is 1.90 bits per heavy atom. The van der Waals surface area contributed by atoms with Gasteiger partial charge in [-0.25, -0.2) is 9.78 Å². The van der Waals surface area contributed by atoms with E-state index in [0.29, 0.717) is 22.2 Å². The number of hydrogen-bond acceptors (Lipinski definition) is 6. The van der Waals surface area contributed by atoms with E-state index >= 15 is 0 Å². The molecular formula is C23H26N4O3S. The summed E-state index contributed by atoms with van der Waals surface area (Å²) < 4.78 is 6.77. The number of nitrogens with zero attached hydrogens (tertiary/aromatic N) is 3. The predicted octanol–water partition coefficient (Wildman–Crippen LogP) is 4.63. The monoisotopic (exact) mass is 438 g/mol. The highest BCUT2D eigenvalue weighted by atomic mass is 32.2. The summed E-state index contributed by atoms with van der Waals surface area (Å²) in [7, 11) is 1.36. The molecule has 31 heavy (non-hydrogen) atoms. The van der Waals surface area contributed by atoms with Crippen molar-refractivity contribution in [3.63, 3.8) is 0 Å². The zero-order chi connectivity index (χ0) is 22.0. The van der Waals surface area contributed by atoms with Crippen molar-refractivity contribution in [1.82, 2.24) is 19.7 Å². The van der Waals surface area contributed by atoms with Gasteiger partial charge in [-0.2, -0.15) is 0 Å². The van der Waals surface area contributed by atoms with E-state index in [-0.39, 0.29) is 17.5 Å². The lowest BCUT2D eigenvalue weighted by molar-refractivity contribution is 0.0600. The lowest BCUT2D eigenvalue weighted by Crippen LogP contribution is -2.06. The second-order valence-electron chi connectivity index (χ2n) is 7.86. The highest BCUT2D eigenvalue weighted by Gasteiger charge is 2.22. The fourth-order valence-electron chi connectivity index (χ4n) is 4.22. The van der Waals surface area contributed by atoms with Crippen LogP contribution in [0.4, 0.5) is 0 Å². The predicted molar refractivity (Wildman–Crippen MR) is 119 cm³/mol. The minimum atomic E-state index is -0.372. The molecule has 1 saturated carbocycles. The van der Waals surface area contributed by atoms with E-state index in [2.05, 4.69) is 15.2 Å². The maximum Gasteiger partial charge on any atom is 0.337 e. The summed E-state index contributed by atoms with van der Waals surface area (Å²) in [5.74, 6) is 1.38. The van der Waals surface area contributed by atoms with Crippen molar-refractivity contribution in [1.29, 1.82) is 0 Å². The molecule has 0 atom stereocenters. The highest BCUT2D eigenvalue weighted by molar-refractivity contribution is 7.99. The first-order valence-electron chi connectivity index (χ1n) is 10.4. The molecule has 0 radical (unpaired) electrons. The Labute approximate surface area is 185 Å². The molecular weight excluding hydrogens is 412 g/mol. The molecule has 1 aliphatic rings. The number of hydrogen-bond donors (Lipinski definition) is 1. The molecule has 0 aliphatic heterocycles. The van der Waals surface area contributed by atoms with Crippen LogP contribution in [0.25, 0.3) is 5.69 Å². The van der Waals surface area contributed by atoms with Gasteiger partial charge < -0.3 is 9.30 Å². The van der Waals surface area contributed by atoms with Gasteiger partial charge in [-0.3, -0.25) is 9.89 Å². The largest absolute Gasteiger partial charge is 0.465 e. The second kappa shape index (κ2) is 9.09. The zero-order valence-electron chi connectivity index (χ0n) is 18.0. The van der Waals surface area contributed by atoms with E-state index in [0.717, 1.165) is 35.7 Å². The number of H-pyrrole nitrogens is 1. The van der Waals surface area contributed by atoms with Crippen molar-refractivity contribution in [2.24, 2.45) is 0 Å². The molecule has 2 heterocycles. The molecule has 0 bridgehead atoms. The van der Waals surface area contributed by atoms with Gasteiger partial charge in [-0.05, 0) is 57.0 Å². The molecule has 162 valence electrons. The molecule has 0 saturated heterocycles. The van der Waals surface area contributed by atoms with Gasteiger partial charge in [0.1, 0.15) is 5.82 Å². The van der Waals surface area contributed by atoms with Crippen LogP contribution in [0, 0.1) is 13.8 Å². The topological polar surface area (TPSA) is 89.9 Å². The number of aromatic amines is 1. The highest BCUT2D eigenvalue weighted by Crippen LogP contribution is 2.32. The quantitative estimate of drug-likeness (QED) is 0.329. The third-order valence-electron chi connectivity index (χ3n) is 5.83. The molecule has 0 unspecified atom stereocenters. The van der Waals surface area contributed by atoms with Gasteiger partial charge in [0.05, 0.1) is 18.4 Å². The van der Waals surface area contributed by atoms with Crippen molar-refractivity contribution in [2.75, 3.05) is 12.9 Å². The standard InChI is InChI=1S/C23H26N4O3S/c1-14-12-19(15(2)27(14)18-10-8-17(9-11-18)22(29)30-3)20(28)13-31-23-24-21(25-26-23)16-6-4-5-7-16/h8-12,16H,4-7,13H2,1-3H3,(H,24,25,26). The van der Waals surface area contributed by atoms with Crippen molar-refractivity contribution in [3.8, 4) is 5.69 Å². The smallest absolute Gasteiger partial charge is 0.337 e. The fourth-order valence-corrected chi connectivity index (χ4v) is 4.91. The van der Waals surface area contributed by atoms with Gasteiger partial charge >= 0.3 is 5.97 Å². The summed E-state index contributed by atoms with van der Waals surface area (Å²) in [6.07, 6.45) is 4.80. The Hall–Kier alpha value is -2.87. The Bertz CT molecular complexity index is 1090. The van der Waals surface area contributed by atoms with Gasteiger partial charge in [0.2, 0.25) is 5.16 Å². The first-order chi connectivity index (χ1) is 15.0. The second-order valence-corrected chi connectivity index (χ2v) is 8.80. The van der Waals surface area contributed by atoms with Crippen LogP contribution in [0.3, 0.4) is 0 Å². The van der Waals surface area contributed by atoms with Gasteiger partial charge in [0.15, 0.2) is 5.78 Å². The first kappa shape index (κ1) is 21.4. The maximum atomic E-state index is 12.9. The first-order valence-corrected chi connectivity index (χ1v) is 11.4. The van der Waals surface area contributed by atoms with E-state index in [1.165, 1.54) is 31.7 Å². The number of aryl methyl sites for hydroxylation is 1. The molecule has 1 fully saturated rings. The molecule has 0 amide bonds. The maximum absolute atomic E-state index is 12.9. The van der Waals surface area contributed by atoms with Crippen molar-refractivity contribution in [2.45, 2.75) is 50.6 Å². The summed E-state index contributed by atoms with van der Waals surface area (Å²) >= 11 is 1.37. The number of aromatic nitrogens is 4. The van der Waals surface area contributed by atoms with Crippen molar-refractivity contribution < 1.29 is 14.3 Å². The Kier molecular flexibility index (Phi) is 6.27. The van der Waals surface area contributed by atoms with Crippen molar-refractivity contribution >= 4 is 23.5 Å². The number of carbonyl (C=O) groups is 2. The molecule has 1 aromatic carbocycles. The van der Waals surface area contributed by atoms with E-state index in [1.807, 2.05) is 36.6 Å². The van der Waals surface area contributed by atoms with Crippen LogP contribution in [0.5, 0.6) is 0 Å². The molecule has 4 rings (SSSR count). The van der Waals surface area contributed by atoms with Crippen LogP contribution < -0.4 is 0 Å². The van der Waals surface area contributed by atoms with E-state index in [4.69, 9.17) is 4.74 Å². The summed E-state index contributed by atoms with van der Waals surface area (Å²) in [6.45, 7) is 3.90. The van der Waals surface area contributed by atoms with Crippen LogP contribution in [-0.2, 0) is 4.74 Å². The average molecular weight is 439 g/mol. The molecule has 8 heteroatoms. The van der Waals surface area contributed by atoms with E-state index < -0.39 is 0 Å². The Morgan fingerprint density at radius 1 is 1.19 bits per heavy atom. The van der Waals surface area contributed by atoms with Gasteiger partial charge in [0.25, 0.3) is 0 Å². The number of benzene rings is 1. The average Bonchev–Trinajstić information content (AvgIpc) is 3.52. The number of thioether (sulfide) groups is 1. The minimum Gasteiger partial charge on any atom is -0.465 e. The molecule has 7 nitrogen and oxygen atoms in total. The molecule has 2 aromatic heterocycles. The lowest BCUT2D eigenvalue weighted by atomic mass is 10.1.